The summed E-state index contributed by atoms with van der Waals surface area (Å²) < 4.78 is 5.72. The predicted molar refractivity (Wildman–Crippen MR) is 74.9 cm³/mol. The lowest BCUT2D eigenvalue weighted by atomic mass is 10.0. The molecule has 0 aromatic heterocycles. The van der Waals surface area contributed by atoms with Crippen molar-refractivity contribution < 1.29 is 4.74 Å². The van der Waals surface area contributed by atoms with E-state index in [2.05, 4.69) is 24.4 Å². The van der Waals surface area contributed by atoms with Gasteiger partial charge in [-0.05, 0) is 49.9 Å². The molecular weight excluding hydrogens is 224 g/mol. The van der Waals surface area contributed by atoms with Crippen LogP contribution in [0.15, 0.2) is 24.3 Å². The van der Waals surface area contributed by atoms with Gasteiger partial charge in [-0.3, -0.25) is 0 Å². The molecule has 1 aliphatic rings. The summed E-state index contributed by atoms with van der Waals surface area (Å²) in [5.74, 6) is 1.61. The molecule has 3 nitrogen and oxygen atoms in total. The van der Waals surface area contributed by atoms with Gasteiger partial charge in [0.1, 0.15) is 12.4 Å². The van der Waals surface area contributed by atoms with Crippen molar-refractivity contribution in [2.24, 2.45) is 11.7 Å². The third kappa shape index (κ3) is 3.72. The van der Waals surface area contributed by atoms with Crippen molar-refractivity contribution in [3.63, 3.8) is 0 Å². The van der Waals surface area contributed by atoms with Crippen LogP contribution in [-0.2, 0) is 0 Å². The van der Waals surface area contributed by atoms with Crippen molar-refractivity contribution in [2.45, 2.75) is 32.2 Å². The molecule has 0 aliphatic heterocycles. The van der Waals surface area contributed by atoms with Gasteiger partial charge >= 0.3 is 0 Å². The minimum absolute atomic E-state index is 0.594. The van der Waals surface area contributed by atoms with E-state index in [4.69, 9.17) is 10.5 Å². The van der Waals surface area contributed by atoms with Crippen LogP contribution in [0.3, 0.4) is 0 Å². The second-order valence-electron chi connectivity index (χ2n) is 5.15. The molecule has 0 bridgehead atoms. The van der Waals surface area contributed by atoms with Crippen LogP contribution in [0.2, 0.25) is 0 Å². The Bertz CT molecular complexity index is 367. The first-order valence-corrected chi connectivity index (χ1v) is 6.92. The Morgan fingerprint density at radius 1 is 1.39 bits per heavy atom. The maximum Gasteiger partial charge on any atom is 0.119 e. The zero-order valence-electron chi connectivity index (χ0n) is 11.2. The van der Waals surface area contributed by atoms with E-state index >= 15 is 0 Å². The smallest absolute Gasteiger partial charge is 0.119 e. The summed E-state index contributed by atoms with van der Waals surface area (Å²) in [6.45, 7) is 4.50. The zero-order chi connectivity index (χ0) is 12.8. The van der Waals surface area contributed by atoms with Gasteiger partial charge in [-0.15, -0.1) is 0 Å². The number of nitrogens with two attached hydrogens (primary N) is 1. The molecule has 2 atom stereocenters. The second-order valence-corrected chi connectivity index (χ2v) is 5.15. The lowest BCUT2D eigenvalue weighted by molar-refractivity contribution is 0.294. The molecule has 18 heavy (non-hydrogen) atoms. The fourth-order valence-corrected chi connectivity index (χ4v) is 2.71. The Labute approximate surface area is 110 Å². The van der Waals surface area contributed by atoms with Gasteiger partial charge in [0, 0.05) is 12.6 Å². The molecule has 2 rings (SSSR count). The van der Waals surface area contributed by atoms with Crippen molar-refractivity contribution in [2.75, 3.05) is 19.7 Å². The Morgan fingerprint density at radius 3 is 3.06 bits per heavy atom. The van der Waals surface area contributed by atoms with E-state index in [0.717, 1.165) is 25.4 Å². The highest BCUT2D eigenvalue weighted by atomic mass is 16.5. The Morgan fingerprint density at radius 2 is 2.28 bits per heavy atom. The highest BCUT2D eigenvalue weighted by molar-refractivity contribution is 5.27. The number of benzene rings is 1. The van der Waals surface area contributed by atoms with Crippen molar-refractivity contribution in [1.29, 1.82) is 0 Å². The van der Waals surface area contributed by atoms with E-state index in [1.807, 2.05) is 12.1 Å². The van der Waals surface area contributed by atoms with Crippen LogP contribution >= 0.6 is 0 Å². The highest BCUT2D eigenvalue weighted by Crippen LogP contribution is 2.24. The summed E-state index contributed by atoms with van der Waals surface area (Å²) in [5.41, 5.74) is 7.00. The molecule has 1 aliphatic carbocycles. The molecule has 0 heterocycles. The summed E-state index contributed by atoms with van der Waals surface area (Å²) in [5, 5.41) is 3.56. The molecule has 2 unspecified atom stereocenters. The van der Waals surface area contributed by atoms with Crippen LogP contribution in [-0.4, -0.2) is 25.7 Å². The first-order chi connectivity index (χ1) is 8.79. The van der Waals surface area contributed by atoms with E-state index in [1.165, 1.54) is 24.8 Å². The standard InChI is InChI=1S/C15H24N2O/c1-12-4-2-6-14(10-12)18-9-8-17-15-7-3-5-13(15)11-16/h2,4,6,10,13,15,17H,3,5,7-9,11,16H2,1H3. The molecule has 0 radical (unpaired) electrons. The van der Waals surface area contributed by atoms with Gasteiger partial charge < -0.3 is 15.8 Å². The van der Waals surface area contributed by atoms with Crippen LogP contribution < -0.4 is 15.8 Å². The number of nitrogens with one attached hydrogen (secondary N) is 1. The number of hydrogen-bond acceptors (Lipinski definition) is 3. The number of aryl methyl sites for hydroxylation is 1. The van der Waals surface area contributed by atoms with Gasteiger partial charge in [0.15, 0.2) is 0 Å². The van der Waals surface area contributed by atoms with Gasteiger partial charge in [-0.1, -0.05) is 18.6 Å². The van der Waals surface area contributed by atoms with Gasteiger partial charge in [0.05, 0.1) is 0 Å². The molecule has 3 heteroatoms. The quantitative estimate of drug-likeness (QED) is 0.758. The van der Waals surface area contributed by atoms with E-state index in [9.17, 15) is 0 Å². The molecule has 3 N–H and O–H groups in total. The largest absolute Gasteiger partial charge is 0.492 e. The van der Waals surface area contributed by atoms with E-state index in [0.29, 0.717) is 12.0 Å². The molecule has 1 saturated carbocycles. The van der Waals surface area contributed by atoms with Crippen molar-refractivity contribution in [3.05, 3.63) is 29.8 Å². The lowest BCUT2D eigenvalue weighted by Gasteiger charge is -2.19. The average molecular weight is 248 g/mol. The number of hydrogen-bond donors (Lipinski definition) is 2. The summed E-state index contributed by atoms with van der Waals surface area (Å²) in [6, 6.07) is 8.77. The molecular formula is C15H24N2O. The second kappa shape index (κ2) is 6.76. The molecule has 1 fully saturated rings. The predicted octanol–water partition coefficient (Wildman–Crippen LogP) is 2.09. The van der Waals surface area contributed by atoms with Crippen LogP contribution in [0, 0.1) is 12.8 Å². The Balaban J connectivity index is 1.67. The summed E-state index contributed by atoms with van der Waals surface area (Å²) in [7, 11) is 0. The van der Waals surface area contributed by atoms with E-state index in [-0.39, 0.29) is 0 Å². The van der Waals surface area contributed by atoms with E-state index in [1.54, 1.807) is 0 Å². The van der Waals surface area contributed by atoms with Crippen LogP contribution in [0.4, 0.5) is 0 Å². The third-order valence-electron chi connectivity index (χ3n) is 3.73. The minimum Gasteiger partial charge on any atom is -0.492 e. The van der Waals surface area contributed by atoms with Crippen molar-refractivity contribution >= 4 is 0 Å². The van der Waals surface area contributed by atoms with Gasteiger partial charge in [0.2, 0.25) is 0 Å². The monoisotopic (exact) mass is 248 g/mol. The topological polar surface area (TPSA) is 47.3 Å². The van der Waals surface area contributed by atoms with Gasteiger partial charge in [0.25, 0.3) is 0 Å². The number of ether oxygens (including phenoxy) is 1. The van der Waals surface area contributed by atoms with Crippen LogP contribution in [0.1, 0.15) is 24.8 Å². The molecule has 0 amide bonds. The average Bonchev–Trinajstić information content (AvgIpc) is 2.82. The summed E-state index contributed by atoms with van der Waals surface area (Å²) >= 11 is 0. The van der Waals surface area contributed by atoms with Gasteiger partial charge in [-0.25, -0.2) is 0 Å². The van der Waals surface area contributed by atoms with Crippen LogP contribution in [0.5, 0.6) is 5.75 Å². The normalized spacial score (nSPS) is 23.2. The third-order valence-corrected chi connectivity index (χ3v) is 3.73. The van der Waals surface area contributed by atoms with Crippen molar-refractivity contribution in [1.82, 2.24) is 5.32 Å². The minimum atomic E-state index is 0.594. The maximum atomic E-state index is 5.76. The Kier molecular flexibility index (Phi) is 5.02. The summed E-state index contributed by atoms with van der Waals surface area (Å²) in [6.07, 6.45) is 3.83. The molecule has 1 aromatic carbocycles. The van der Waals surface area contributed by atoms with Crippen molar-refractivity contribution in [3.8, 4) is 5.75 Å². The maximum absolute atomic E-state index is 5.76. The molecule has 0 spiro atoms. The lowest BCUT2D eigenvalue weighted by Crippen LogP contribution is -2.38. The van der Waals surface area contributed by atoms with E-state index < -0.39 is 0 Å². The SMILES string of the molecule is Cc1cccc(OCCNC2CCCC2CN)c1. The summed E-state index contributed by atoms with van der Waals surface area (Å²) in [4.78, 5) is 0. The molecule has 0 saturated heterocycles. The fraction of sp³-hybridized carbons (Fsp3) is 0.600. The van der Waals surface area contributed by atoms with Gasteiger partial charge in [-0.2, -0.15) is 0 Å². The Hall–Kier alpha value is -1.06. The first kappa shape index (κ1) is 13.4. The molecule has 100 valence electrons. The fourth-order valence-electron chi connectivity index (χ4n) is 2.71. The zero-order valence-corrected chi connectivity index (χ0v) is 11.2. The van der Waals surface area contributed by atoms with Crippen LogP contribution in [0.25, 0.3) is 0 Å². The molecule has 1 aromatic rings. The number of rotatable bonds is 6. The highest BCUT2D eigenvalue weighted by Gasteiger charge is 2.24. The first-order valence-electron chi connectivity index (χ1n) is 6.92.